The fourth-order valence-corrected chi connectivity index (χ4v) is 3.26. The van der Waals surface area contributed by atoms with Crippen molar-refractivity contribution in [3.8, 4) is 11.4 Å². The molecule has 1 aliphatic rings. The first-order chi connectivity index (χ1) is 12.7. The predicted octanol–water partition coefficient (Wildman–Crippen LogP) is 2.39. The highest BCUT2D eigenvalue weighted by Gasteiger charge is 2.30. The lowest BCUT2D eigenvalue weighted by atomic mass is 10.2. The molecule has 0 spiro atoms. The smallest absolute Gasteiger partial charge is 0.321 e. The number of hydrogen-bond acceptors (Lipinski definition) is 6. The number of unbranched alkanes of at least 4 members (excludes halogenated alkanes) is 1. The van der Waals surface area contributed by atoms with Gasteiger partial charge in [-0.3, -0.25) is 19.7 Å². The van der Waals surface area contributed by atoms with E-state index in [2.05, 4.69) is 30.4 Å². The summed E-state index contributed by atoms with van der Waals surface area (Å²) in [5, 5.41) is 14.2. The van der Waals surface area contributed by atoms with Gasteiger partial charge in [-0.1, -0.05) is 25.1 Å². The van der Waals surface area contributed by atoms with Gasteiger partial charge in [0.1, 0.15) is 0 Å². The molecule has 0 bridgehead atoms. The van der Waals surface area contributed by atoms with Crippen molar-refractivity contribution in [1.82, 2.24) is 30.4 Å². The van der Waals surface area contributed by atoms with E-state index in [1.165, 1.54) is 11.8 Å². The van der Waals surface area contributed by atoms with Crippen LogP contribution >= 0.6 is 11.8 Å². The Morgan fingerprint density at radius 3 is 2.73 bits per heavy atom. The highest BCUT2D eigenvalue weighted by atomic mass is 32.2. The van der Waals surface area contributed by atoms with E-state index < -0.39 is 6.03 Å². The van der Waals surface area contributed by atoms with Gasteiger partial charge in [-0.05, 0) is 31.4 Å². The zero-order valence-corrected chi connectivity index (χ0v) is 15.5. The summed E-state index contributed by atoms with van der Waals surface area (Å²) in [7, 11) is 0. The molecule has 0 unspecified atom stereocenters. The Hall–Kier alpha value is -2.42. The quantitative estimate of drug-likeness (QED) is 0.543. The average molecular weight is 374 g/mol. The van der Waals surface area contributed by atoms with Gasteiger partial charge in [-0.15, -0.1) is 10.2 Å². The van der Waals surface area contributed by atoms with Crippen molar-refractivity contribution < 1.29 is 9.59 Å². The SMILES string of the molecule is CCCCNC(=O)NC(=O)CSc1nnc(-c2ccncc2)n1C1CC1. The molecule has 0 atom stereocenters. The largest absolute Gasteiger partial charge is 0.338 e. The van der Waals surface area contributed by atoms with Gasteiger partial charge in [-0.25, -0.2) is 4.79 Å². The number of carbonyl (C=O) groups is 2. The van der Waals surface area contributed by atoms with Crippen LogP contribution in [-0.4, -0.2) is 44.0 Å². The van der Waals surface area contributed by atoms with Crippen molar-refractivity contribution in [1.29, 1.82) is 0 Å². The second kappa shape index (κ2) is 8.79. The van der Waals surface area contributed by atoms with Crippen molar-refractivity contribution in [3.05, 3.63) is 24.5 Å². The van der Waals surface area contributed by atoms with E-state index in [0.29, 0.717) is 17.7 Å². The number of pyridine rings is 1. The van der Waals surface area contributed by atoms with Crippen LogP contribution in [0.15, 0.2) is 29.7 Å². The Morgan fingerprint density at radius 1 is 1.27 bits per heavy atom. The molecule has 3 rings (SSSR count). The summed E-state index contributed by atoms with van der Waals surface area (Å²) in [5.74, 6) is 0.553. The average Bonchev–Trinajstić information content (AvgIpc) is 3.40. The Bertz CT molecular complexity index is 760. The maximum atomic E-state index is 12.0. The van der Waals surface area contributed by atoms with Crippen LogP contribution in [0.5, 0.6) is 0 Å². The molecule has 0 aliphatic heterocycles. The molecule has 2 aromatic heterocycles. The highest BCUT2D eigenvalue weighted by molar-refractivity contribution is 7.99. The molecular weight excluding hydrogens is 352 g/mol. The maximum absolute atomic E-state index is 12.0. The second-order valence-electron chi connectivity index (χ2n) is 6.09. The van der Waals surface area contributed by atoms with Crippen molar-refractivity contribution in [2.24, 2.45) is 0 Å². The molecule has 8 nitrogen and oxygen atoms in total. The van der Waals surface area contributed by atoms with E-state index in [-0.39, 0.29) is 11.7 Å². The second-order valence-corrected chi connectivity index (χ2v) is 7.03. The maximum Gasteiger partial charge on any atom is 0.321 e. The first-order valence-corrected chi connectivity index (χ1v) is 9.73. The van der Waals surface area contributed by atoms with Gasteiger partial charge in [0.2, 0.25) is 5.91 Å². The van der Waals surface area contributed by atoms with Crippen LogP contribution in [0.3, 0.4) is 0 Å². The van der Waals surface area contributed by atoms with Gasteiger partial charge in [0.15, 0.2) is 11.0 Å². The van der Waals surface area contributed by atoms with Gasteiger partial charge in [-0.2, -0.15) is 0 Å². The highest BCUT2D eigenvalue weighted by Crippen LogP contribution is 2.40. The molecule has 1 aliphatic carbocycles. The van der Waals surface area contributed by atoms with Gasteiger partial charge in [0, 0.05) is 30.5 Å². The first kappa shape index (κ1) is 18.4. The van der Waals surface area contributed by atoms with Crippen molar-refractivity contribution in [2.75, 3.05) is 12.3 Å². The molecule has 0 aromatic carbocycles. The summed E-state index contributed by atoms with van der Waals surface area (Å²) in [6.45, 7) is 2.60. The summed E-state index contributed by atoms with van der Waals surface area (Å²) >= 11 is 1.29. The summed E-state index contributed by atoms with van der Waals surface area (Å²) in [4.78, 5) is 27.6. The molecule has 2 N–H and O–H groups in total. The molecule has 3 amide bonds. The van der Waals surface area contributed by atoms with E-state index in [4.69, 9.17) is 0 Å². The molecule has 1 fully saturated rings. The number of aromatic nitrogens is 4. The van der Waals surface area contributed by atoms with E-state index in [1.807, 2.05) is 19.1 Å². The molecule has 0 saturated heterocycles. The third-order valence-corrected chi connectivity index (χ3v) is 4.86. The van der Waals surface area contributed by atoms with Crippen LogP contribution in [-0.2, 0) is 4.79 Å². The number of imide groups is 1. The summed E-state index contributed by atoms with van der Waals surface area (Å²) in [5.41, 5.74) is 0.950. The number of thioether (sulfide) groups is 1. The topological polar surface area (TPSA) is 102 Å². The molecule has 138 valence electrons. The van der Waals surface area contributed by atoms with Gasteiger partial charge < -0.3 is 5.32 Å². The monoisotopic (exact) mass is 374 g/mol. The lowest BCUT2D eigenvalue weighted by Gasteiger charge is -2.09. The number of urea groups is 1. The number of nitrogens with one attached hydrogen (secondary N) is 2. The zero-order valence-electron chi connectivity index (χ0n) is 14.6. The fraction of sp³-hybridized carbons (Fsp3) is 0.471. The Labute approximate surface area is 156 Å². The van der Waals surface area contributed by atoms with Crippen molar-refractivity contribution in [3.63, 3.8) is 0 Å². The molecular formula is C17H22N6O2S. The number of amides is 3. The molecule has 1 saturated carbocycles. The van der Waals surface area contributed by atoms with Gasteiger partial charge in [0.25, 0.3) is 0 Å². The number of nitrogens with zero attached hydrogens (tertiary/aromatic N) is 4. The molecule has 2 aromatic rings. The third-order valence-electron chi connectivity index (χ3n) is 3.92. The normalized spacial score (nSPS) is 13.4. The van der Waals surface area contributed by atoms with E-state index in [9.17, 15) is 9.59 Å². The van der Waals surface area contributed by atoms with Gasteiger partial charge >= 0.3 is 6.03 Å². The lowest BCUT2D eigenvalue weighted by molar-refractivity contribution is -0.117. The fourth-order valence-electron chi connectivity index (χ4n) is 2.45. The Morgan fingerprint density at radius 2 is 2.04 bits per heavy atom. The van der Waals surface area contributed by atoms with Crippen LogP contribution in [0.1, 0.15) is 38.6 Å². The number of carbonyl (C=O) groups excluding carboxylic acids is 2. The van der Waals surface area contributed by atoms with Gasteiger partial charge in [0.05, 0.1) is 5.75 Å². The summed E-state index contributed by atoms with van der Waals surface area (Å²) < 4.78 is 2.08. The minimum atomic E-state index is -0.454. The number of rotatable bonds is 8. The standard InChI is InChI=1S/C17H22N6O2S/c1-2-3-8-19-16(25)20-14(24)11-26-17-22-21-15(23(17)13-4-5-13)12-6-9-18-10-7-12/h6-7,9-10,13H,2-5,8,11H2,1H3,(H2,19,20,24,25). The minimum absolute atomic E-state index is 0.113. The van der Waals surface area contributed by atoms with E-state index >= 15 is 0 Å². The van der Waals surface area contributed by atoms with E-state index in [0.717, 1.165) is 37.1 Å². The Balaban J connectivity index is 1.59. The number of hydrogen-bond donors (Lipinski definition) is 2. The first-order valence-electron chi connectivity index (χ1n) is 8.74. The third kappa shape index (κ3) is 4.81. The summed E-state index contributed by atoms with van der Waals surface area (Å²) in [6, 6.07) is 3.70. The lowest BCUT2D eigenvalue weighted by Crippen LogP contribution is -2.40. The predicted molar refractivity (Wildman–Crippen MR) is 98.7 cm³/mol. The van der Waals surface area contributed by atoms with Crippen LogP contribution in [0.4, 0.5) is 4.79 Å². The van der Waals surface area contributed by atoms with E-state index in [1.54, 1.807) is 12.4 Å². The van der Waals surface area contributed by atoms with Crippen LogP contribution < -0.4 is 10.6 Å². The zero-order chi connectivity index (χ0) is 18.4. The van der Waals surface area contributed by atoms with Crippen LogP contribution in [0.25, 0.3) is 11.4 Å². The van der Waals surface area contributed by atoms with Crippen molar-refractivity contribution in [2.45, 2.75) is 43.8 Å². The Kier molecular flexibility index (Phi) is 6.21. The minimum Gasteiger partial charge on any atom is -0.338 e. The molecule has 9 heteroatoms. The molecule has 26 heavy (non-hydrogen) atoms. The van der Waals surface area contributed by atoms with Crippen LogP contribution in [0, 0.1) is 0 Å². The molecule has 0 radical (unpaired) electrons. The molecule has 2 heterocycles. The van der Waals surface area contributed by atoms with Crippen molar-refractivity contribution >= 4 is 23.7 Å². The summed E-state index contributed by atoms with van der Waals surface area (Å²) in [6.07, 6.45) is 7.47. The van der Waals surface area contributed by atoms with Crippen LogP contribution in [0.2, 0.25) is 0 Å².